The molecular weight excluding hydrogens is 563 g/mol. The van der Waals surface area contributed by atoms with Crippen molar-refractivity contribution in [2.45, 2.75) is 37.6 Å². The highest BCUT2D eigenvalue weighted by molar-refractivity contribution is 6.30. The number of carbonyl (C=O) groups excluding carboxylic acids is 1. The summed E-state index contributed by atoms with van der Waals surface area (Å²) in [5.41, 5.74) is 20.1. The van der Waals surface area contributed by atoms with E-state index < -0.39 is 5.91 Å². The van der Waals surface area contributed by atoms with Crippen LogP contribution in [0.2, 0.25) is 10.0 Å². The van der Waals surface area contributed by atoms with Crippen LogP contribution in [-0.2, 0) is 0 Å². The van der Waals surface area contributed by atoms with Gasteiger partial charge >= 0.3 is 0 Å². The molecular formula is C35H34Cl2N4O. The Kier molecular flexibility index (Phi) is 8.23. The Hall–Kier alpha value is -3.80. The van der Waals surface area contributed by atoms with Crippen LogP contribution in [0.1, 0.15) is 64.2 Å². The fourth-order valence-corrected chi connectivity index (χ4v) is 6.18. The van der Waals surface area contributed by atoms with Gasteiger partial charge in [-0.1, -0.05) is 59.6 Å². The van der Waals surface area contributed by atoms with E-state index in [1.54, 1.807) is 6.07 Å². The lowest BCUT2D eigenvalue weighted by molar-refractivity contribution is 0.100. The van der Waals surface area contributed by atoms with E-state index in [1.165, 1.54) is 0 Å². The second-order valence-electron chi connectivity index (χ2n) is 11.3. The van der Waals surface area contributed by atoms with Crippen LogP contribution >= 0.6 is 23.2 Å². The Morgan fingerprint density at radius 1 is 0.786 bits per heavy atom. The maximum absolute atomic E-state index is 11.7. The van der Waals surface area contributed by atoms with Gasteiger partial charge in [0.1, 0.15) is 0 Å². The van der Waals surface area contributed by atoms with Gasteiger partial charge < -0.3 is 16.4 Å². The van der Waals surface area contributed by atoms with Gasteiger partial charge in [0.15, 0.2) is 0 Å². The van der Waals surface area contributed by atoms with Crippen LogP contribution in [0, 0.1) is 5.92 Å². The van der Waals surface area contributed by atoms with E-state index >= 15 is 0 Å². The SMILES string of the molecule is NC(=O)c1cccc(N2CCC(C(=NC3CC3)c3cc(C(c4ccc(Cl)cc4)c4ccc(Cl)cc4)ccc3N)CC2)c1. The van der Waals surface area contributed by atoms with Gasteiger partial charge in [-0.05, 0) is 97.0 Å². The van der Waals surface area contributed by atoms with E-state index in [-0.39, 0.29) is 5.92 Å². The van der Waals surface area contributed by atoms with Gasteiger partial charge in [0.25, 0.3) is 0 Å². The molecule has 2 fully saturated rings. The summed E-state index contributed by atoms with van der Waals surface area (Å²) in [5.74, 6) is -0.125. The predicted octanol–water partition coefficient (Wildman–Crippen LogP) is 7.72. The molecule has 214 valence electrons. The first-order chi connectivity index (χ1) is 20.4. The van der Waals surface area contributed by atoms with Crippen molar-refractivity contribution in [3.05, 3.63) is 129 Å². The molecule has 1 saturated carbocycles. The van der Waals surface area contributed by atoms with E-state index in [1.807, 2.05) is 48.5 Å². The summed E-state index contributed by atoms with van der Waals surface area (Å²) in [4.78, 5) is 19.3. The summed E-state index contributed by atoms with van der Waals surface area (Å²) in [7, 11) is 0. The average Bonchev–Trinajstić information content (AvgIpc) is 3.83. The van der Waals surface area contributed by atoms with Crippen molar-refractivity contribution < 1.29 is 4.79 Å². The predicted molar refractivity (Wildman–Crippen MR) is 174 cm³/mol. The molecule has 1 aliphatic heterocycles. The molecule has 5 nitrogen and oxygen atoms in total. The molecule has 0 radical (unpaired) electrons. The lowest BCUT2D eigenvalue weighted by atomic mass is 9.82. The number of aliphatic imine (C=N–C) groups is 1. The van der Waals surface area contributed by atoms with Gasteiger partial charge in [-0.25, -0.2) is 0 Å². The average molecular weight is 598 g/mol. The van der Waals surface area contributed by atoms with E-state index in [9.17, 15) is 4.79 Å². The maximum Gasteiger partial charge on any atom is 0.248 e. The third-order valence-electron chi connectivity index (χ3n) is 8.34. The number of rotatable bonds is 8. The smallest absolute Gasteiger partial charge is 0.248 e. The summed E-state index contributed by atoms with van der Waals surface area (Å²) in [6.45, 7) is 1.74. The molecule has 42 heavy (non-hydrogen) atoms. The summed E-state index contributed by atoms with van der Waals surface area (Å²) < 4.78 is 0. The highest BCUT2D eigenvalue weighted by Crippen LogP contribution is 2.37. The Morgan fingerprint density at radius 2 is 1.38 bits per heavy atom. The quantitative estimate of drug-likeness (QED) is 0.124. The normalized spacial score (nSPS) is 16.2. The summed E-state index contributed by atoms with van der Waals surface area (Å²) in [6, 6.07) is 30.4. The standard InChI is InChI=1S/C35H34Cl2N4O/c36-27-9-4-22(5-10-27)33(23-6-11-28(37)12-7-23)25-8-15-32(38)31(21-25)34(40-29-13-14-29)24-16-18-41(19-17-24)30-3-1-2-26(20-30)35(39)42/h1-12,15,20-21,24,29,33H,13-14,16-19,38H2,(H2,39,42). The number of amides is 1. The number of halogens is 2. The van der Waals surface area contributed by atoms with Crippen molar-refractivity contribution in [2.75, 3.05) is 23.7 Å². The monoisotopic (exact) mass is 596 g/mol. The number of carbonyl (C=O) groups is 1. The molecule has 6 rings (SSSR count). The molecule has 0 bridgehead atoms. The Bertz CT molecular complexity index is 1560. The second-order valence-corrected chi connectivity index (χ2v) is 12.2. The molecule has 0 atom stereocenters. The number of piperidine rings is 1. The molecule has 2 aliphatic rings. The Labute approximate surface area is 257 Å². The highest BCUT2D eigenvalue weighted by atomic mass is 35.5. The van der Waals surface area contributed by atoms with Crippen molar-refractivity contribution in [1.29, 1.82) is 0 Å². The first-order valence-corrected chi connectivity index (χ1v) is 15.2. The van der Waals surface area contributed by atoms with Crippen LogP contribution in [0.4, 0.5) is 11.4 Å². The van der Waals surface area contributed by atoms with Crippen LogP contribution in [0.15, 0.2) is 96.0 Å². The molecule has 4 N–H and O–H groups in total. The Morgan fingerprint density at radius 3 is 1.95 bits per heavy atom. The number of nitrogens with two attached hydrogens (primary N) is 2. The Balaban J connectivity index is 1.32. The van der Waals surface area contributed by atoms with Gasteiger partial charge in [-0.3, -0.25) is 9.79 Å². The molecule has 1 heterocycles. The fraction of sp³-hybridized carbons (Fsp3) is 0.257. The van der Waals surface area contributed by atoms with Crippen LogP contribution in [0.25, 0.3) is 0 Å². The molecule has 7 heteroatoms. The second kappa shape index (κ2) is 12.2. The molecule has 0 aromatic heterocycles. The third kappa shape index (κ3) is 6.33. The van der Waals surface area contributed by atoms with E-state index in [0.717, 1.165) is 78.1 Å². The highest BCUT2D eigenvalue weighted by Gasteiger charge is 2.30. The molecule has 1 saturated heterocycles. The van der Waals surface area contributed by atoms with Gasteiger partial charge in [0.2, 0.25) is 5.91 Å². The minimum atomic E-state index is -0.406. The van der Waals surface area contributed by atoms with Gasteiger partial charge in [0.05, 0.1) is 6.04 Å². The van der Waals surface area contributed by atoms with Crippen molar-refractivity contribution in [2.24, 2.45) is 16.6 Å². The zero-order chi connectivity index (χ0) is 29.2. The minimum Gasteiger partial charge on any atom is -0.398 e. The number of benzene rings is 4. The molecule has 0 unspecified atom stereocenters. The molecule has 0 spiro atoms. The van der Waals surface area contributed by atoms with Crippen molar-refractivity contribution >= 4 is 46.2 Å². The summed E-state index contributed by atoms with van der Waals surface area (Å²) in [6.07, 6.45) is 4.15. The van der Waals surface area contributed by atoms with Crippen molar-refractivity contribution in [3.63, 3.8) is 0 Å². The summed E-state index contributed by atoms with van der Waals surface area (Å²) >= 11 is 12.5. The fourth-order valence-electron chi connectivity index (χ4n) is 5.93. The van der Waals surface area contributed by atoms with E-state index in [4.69, 9.17) is 39.7 Å². The number of hydrogen-bond donors (Lipinski definition) is 2. The number of nitrogen functional groups attached to an aromatic ring is 1. The summed E-state index contributed by atoms with van der Waals surface area (Å²) in [5, 5.41) is 1.41. The van der Waals surface area contributed by atoms with Crippen LogP contribution < -0.4 is 16.4 Å². The first kappa shape index (κ1) is 28.3. The van der Waals surface area contributed by atoms with Crippen LogP contribution in [-0.4, -0.2) is 30.8 Å². The maximum atomic E-state index is 11.7. The molecule has 1 amide bonds. The number of anilines is 2. The molecule has 1 aliphatic carbocycles. The molecule has 4 aromatic rings. The van der Waals surface area contributed by atoms with E-state index in [2.05, 4.69) is 41.3 Å². The number of nitrogens with zero attached hydrogens (tertiary/aromatic N) is 2. The van der Waals surface area contributed by atoms with Crippen LogP contribution in [0.5, 0.6) is 0 Å². The first-order valence-electron chi connectivity index (χ1n) is 14.5. The minimum absolute atomic E-state index is 0.0135. The van der Waals surface area contributed by atoms with Crippen LogP contribution in [0.3, 0.4) is 0 Å². The lowest BCUT2D eigenvalue weighted by Gasteiger charge is -2.35. The molecule has 4 aromatic carbocycles. The zero-order valence-electron chi connectivity index (χ0n) is 23.3. The lowest BCUT2D eigenvalue weighted by Crippen LogP contribution is -2.37. The van der Waals surface area contributed by atoms with Gasteiger partial charge in [-0.2, -0.15) is 0 Å². The third-order valence-corrected chi connectivity index (χ3v) is 8.84. The van der Waals surface area contributed by atoms with Gasteiger partial charge in [-0.15, -0.1) is 0 Å². The van der Waals surface area contributed by atoms with Crippen molar-refractivity contribution in [1.82, 2.24) is 0 Å². The van der Waals surface area contributed by atoms with E-state index in [0.29, 0.717) is 27.6 Å². The number of primary amides is 1. The van der Waals surface area contributed by atoms with Gasteiger partial charge in [0, 0.05) is 63.2 Å². The number of hydrogen-bond acceptors (Lipinski definition) is 4. The topological polar surface area (TPSA) is 84.7 Å². The zero-order valence-corrected chi connectivity index (χ0v) is 24.9. The largest absolute Gasteiger partial charge is 0.398 e. The van der Waals surface area contributed by atoms with Crippen molar-refractivity contribution in [3.8, 4) is 0 Å².